The summed E-state index contributed by atoms with van der Waals surface area (Å²) in [6, 6.07) is 4.60. The molecule has 0 aromatic carbocycles. The summed E-state index contributed by atoms with van der Waals surface area (Å²) in [5.41, 5.74) is 1.16. The molecule has 1 aliphatic rings. The molecule has 0 radical (unpaired) electrons. The maximum Gasteiger partial charge on any atom is 0.217 e. The molecule has 18 heavy (non-hydrogen) atoms. The van der Waals surface area contributed by atoms with Crippen molar-refractivity contribution >= 4 is 0 Å². The summed E-state index contributed by atoms with van der Waals surface area (Å²) in [4.78, 5) is 4.35. The molecule has 0 bridgehead atoms. The molecule has 2 rings (SSSR count). The quantitative estimate of drug-likeness (QED) is 0.805. The average Bonchev–Trinajstić information content (AvgIpc) is 2.35. The highest BCUT2D eigenvalue weighted by atomic mass is 16.5. The minimum atomic E-state index is 0.532. The molecule has 3 nitrogen and oxygen atoms in total. The van der Waals surface area contributed by atoms with E-state index in [9.17, 15) is 0 Å². The van der Waals surface area contributed by atoms with Gasteiger partial charge >= 0.3 is 0 Å². The van der Waals surface area contributed by atoms with Crippen LogP contribution in [0, 0.1) is 5.92 Å². The number of hydrogen-bond donors (Lipinski definition) is 1. The summed E-state index contributed by atoms with van der Waals surface area (Å²) in [7, 11) is 0. The van der Waals surface area contributed by atoms with Crippen LogP contribution in [0.5, 0.6) is 5.88 Å². The van der Waals surface area contributed by atoms with Gasteiger partial charge < -0.3 is 10.1 Å². The summed E-state index contributed by atoms with van der Waals surface area (Å²) < 4.78 is 5.86. The largest absolute Gasteiger partial charge is 0.477 e. The van der Waals surface area contributed by atoms with Crippen LogP contribution in [-0.2, 0) is 6.54 Å². The molecule has 0 aliphatic heterocycles. The Morgan fingerprint density at radius 1 is 1.50 bits per heavy atom. The molecule has 1 heterocycles. The first kappa shape index (κ1) is 13.3. The number of aromatic nitrogens is 1. The van der Waals surface area contributed by atoms with E-state index in [0.29, 0.717) is 6.04 Å². The summed E-state index contributed by atoms with van der Waals surface area (Å²) in [6.07, 6.45) is 6.93. The van der Waals surface area contributed by atoms with Crippen LogP contribution in [0.3, 0.4) is 0 Å². The lowest BCUT2D eigenvalue weighted by Crippen LogP contribution is -2.25. The zero-order valence-electron chi connectivity index (χ0n) is 11.5. The van der Waals surface area contributed by atoms with Gasteiger partial charge in [0.25, 0.3) is 0 Å². The lowest BCUT2D eigenvalue weighted by molar-refractivity contribution is 0.174. The van der Waals surface area contributed by atoms with Crippen molar-refractivity contribution in [3.05, 3.63) is 23.9 Å². The first-order chi connectivity index (χ1) is 8.79. The molecular formula is C15H24N2O. The minimum Gasteiger partial charge on any atom is -0.477 e. The number of nitrogens with one attached hydrogen (secondary N) is 1. The summed E-state index contributed by atoms with van der Waals surface area (Å²) in [5.74, 6) is 1.56. The molecule has 3 heteroatoms. The number of rotatable bonds is 7. The highest BCUT2D eigenvalue weighted by Crippen LogP contribution is 2.27. The van der Waals surface area contributed by atoms with Gasteiger partial charge in [-0.15, -0.1) is 0 Å². The highest BCUT2D eigenvalue weighted by Gasteiger charge is 2.18. The van der Waals surface area contributed by atoms with E-state index >= 15 is 0 Å². The second-order valence-corrected chi connectivity index (χ2v) is 5.27. The van der Waals surface area contributed by atoms with E-state index in [4.69, 9.17) is 4.74 Å². The van der Waals surface area contributed by atoms with Crippen LogP contribution < -0.4 is 10.1 Å². The van der Waals surface area contributed by atoms with E-state index in [0.717, 1.165) is 36.9 Å². The third-order valence-corrected chi connectivity index (χ3v) is 3.78. The van der Waals surface area contributed by atoms with Crippen molar-refractivity contribution < 1.29 is 4.74 Å². The number of ether oxygens (including phenoxy) is 1. The molecule has 0 spiro atoms. The summed E-state index contributed by atoms with van der Waals surface area (Å²) in [6.45, 7) is 6.05. The Balaban J connectivity index is 1.87. The van der Waals surface area contributed by atoms with E-state index in [2.05, 4.69) is 30.2 Å². The van der Waals surface area contributed by atoms with Gasteiger partial charge in [0.15, 0.2) is 0 Å². The zero-order chi connectivity index (χ0) is 12.8. The van der Waals surface area contributed by atoms with Crippen LogP contribution in [0.2, 0.25) is 0 Å². The standard InChI is InChI=1S/C15H24N2O/c1-3-12(2)17-10-14-8-5-9-16-15(14)18-11-13-6-4-7-13/h5,8-9,12-13,17H,3-4,6-7,10-11H2,1-2H3. The Bertz CT molecular complexity index is 336. The molecule has 0 amide bonds. The summed E-state index contributed by atoms with van der Waals surface area (Å²) >= 11 is 0. The number of hydrogen-bond acceptors (Lipinski definition) is 3. The van der Waals surface area contributed by atoms with Gasteiger partial charge in [0.2, 0.25) is 5.88 Å². The van der Waals surface area contributed by atoms with Crippen molar-refractivity contribution in [2.24, 2.45) is 5.92 Å². The Hall–Kier alpha value is -1.09. The molecule has 1 N–H and O–H groups in total. The molecule has 100 valence electrons. The van der Waals surface area contributed by atoms with Gasteiger partial charge in [-0.3, -0.25) is 0 Å². The SMILES string of the molecule is CCC(C)NCc1cccnc1OCC1CCC1. The predicted molar refractivity (Wildman–Crippen MR) is 73.7 cm³/mol. The van der Waals surface area contributed by atoms with Crippen molar-refractivity contribution in [3.63, 3.8) is 0 Å². The van der Waals surface area contributed by atoms with E-state index < -0.39 is 0 Å². The number of nitrogens with zero attached hydrogens (tertiary/aromatic N) is 1. The lowest BCUT2D eigenvalue weighted by atomic mass is 9.86. The van der Waals surface area contributed by atoms with Gasteiger partial charge in [-0.1, -0.05) is 19.4 Å². The molecule has 1 aliphatic carbocycles. The molecule has 0 saturated heterocycles. The van der Waals surface area contributed by atoms with Gasteiger partial charge in [-0.25, -0.2) is 4.98 Å². The maximum atomic E-state index is 5.86. The third-order valence-electron chi connectivity index (χ3n) is 3.78. The second-order valence-electron chi connectivity index (χ2n) is 5.27. The molecule has 1 aromatic rings. The fourth-order valence-corrected chi connectivity index (χ4v) is 1.97. The van der Waals surface area contributed by atoms with Crippen LogP contribution in [-0.4, -0.2) is 17.6 Å². The average molecular weight is 248 g/mol. The third kappa shape index (κ3) is 3.70. The van der Waals surface area contributed by atoms with Crippen molar-refractivity contribution in [2.75, 3.05) is 6.61 Å². The first-order valence-electron chi connectivity index (χ1n) is 7.09. The van der Waals surface area contributed by atoms with Gasteiger partial charge in [0.1, 0.15) is 0 Å². The predicted octanol–water partition coefficient (Wildman–Crippen LogP) is 3.15. The lowest BCUT2D eigenvalue weighted by Gasteiger charge is -2.25. The number of pyridine rings is 1. The van der Waals surface area contributed by atoms with Crippen LogP contribution in [0.25, 0.3) is 0 Å². The fourth-order valence-electron chi connectivity index (χ4n) is 1.97. The van der Waals surface area contributed by atoms with Crippen molar-refractivity contribution in [1.82, 2.24) is 10.3 Å². The minimum absolute atomic E-state index is 0.532. The first-order valence-corrected chi connectivity index (χ1v) is 7.09. The fraction of sp³-hybridized carbons (Fsp3) is 0.667. The maximum absolute atomic E-state index is 5.86. The summed E-state index contributed by atoms with van der Waals surface area (Å²) in [5, 5.41) is 3.48. The van der Waals surface area contributed by atoms with E-state index in [1.165, 1.54) is 19.3 Å². The molecule has 1 saturated carbocycles. The smallest absolute Gasteiger partial charge is 0.217 e. The van der Waals surface area contributed by atoms with Crippen LogP contribution in [0.4, 0.5) is 0 Å². The van der Waals surface area contributed by atoms with Gasteiger partial charge in [0, 0.05) is 24.3 Å². The zero-order valence-corrected chi connectivity index (χ0v) is 11.5. The van der Waals surface area contributed by atoms with Crippen molar-refractivity contribution in [3.8, 4) is 5.88 Å². The van der Waals surface area contributed by atoms with Gasteiger partial charge in [-0.2, -0.15) is 0 Å². The Morgan fingerprint density at radius 3 is 3.00 bits per heavy atom. The Labute approximate surface area is 110 Å². The van der Waals surface area contributed by atoms with Crippen LogP contribution >= 0.6 is 0 Å². The van der Waals surface area contributed by atoms with E-state index in [-0.39, 0.29) is 0 Å². The highest BCUT2D eigenvalue weighted by molar-refractivity contribution is 5.25. The molecule has 1 unspecified atom stereocenters. The van der Waals surface area contributed by atoms with Crippen LogP contribution in [0.1, 0.15) is 45.1 Å². The second kappa shape index (κ2) is 6.74. The molecule has 1 atom stereocenters. The molecular weight excluding hydrogens is 224 g/mol. The van der Waals surface area contributed by atoms with Crippen molar-refractivity contribution in [2.45, 2.75) is 52.1 Å². The van der Waals surface area contributed by atoms with Gasteiger partial charge in [0.05, 0.1) is 6.61 Å². The monoisotopic (exact) mass is 248 g/mol. The topological polar surface area (TPSA) is 34.2 Å². The normalized spacial score (nSPS) is 17.2. The van der Waals surface area contributed by atoms with Gasteiger partial charge in [-0.05, 0) is 38.2 Å². The Kier molecular flexibility index (Phi) is 5.00. The Morgan fingerprint density at radius 2 is 2.33 bits per heavy atom. The van der Waals surface area contributed by atoms with Crippen LogP contribution in [0.15, 0.2) is 18.3 Å². The van der Waals surface area contributed by atoms with E-state index in [1.54, 1.807) is 0 Å². The molecule has 1 aromatic heterocycles. The molecule has 1 fully saturated rings. The van der Waals surface area contributed by atoms with E-state index in [1.807, 2.05) is 12.3 Å². The van der Waals surface area contributed by atoms with Crippen molar-refractivity contribution in [1.29, 1.82) is 0 Å².